The Morgan fingerprint density at radius 3 is 2.81 bits per heavy atom. The summed E-state index contributed by atoms with van der Waals surface area (Å²) in [7, 11) is 0. The van der Waals surface area contributed by atoms with Crippen LogP contribution in [-0.2, 0) is 4.79 Å². The van der Waals surface area contributed by atoms with Gasteiger partial charge in [0.2, 0.25) is 5.91 Å². The number of aryl methyl sites for hydroxylation is 2. The highest BCUT2D eigenvalue weighted by molar-refractivity contribution is 7.17. The molecule has 2 aromatic heterocycles. The Kier molecular flexibility index (Phi) is 4.36. The average Bonchev–Trinajstić information content (AvgIpc) is 3.01. The zero-order chi connectivity index (χ0) is 18.3. The first-order valence-electron chi connectivity index (χ1n) is 8.91. The Morgan fingerprint density at radius 2 is 2.08 bits per heavy atom. The summed E-state index contributed by atoms with van der Waals surface area (Å²) in [5, 5.41) is 6.16. The quantitative estimate of drug-likeness (QED) is 0.767. The molecule has 3 heterocycles. The van der Waals surface area contributed by atoms with Crippen LogP contribution in [0.25, 0.3) is 21.3 Å². The molecule has 0 unspecified atom stereocenters. The molecule has 1 aromatic carbocycles. The molecule has 1 saturated heterocycles. The predicted octanol–water partition coefficient (Wildman–Crippen LogP) is 3.55. The van der Waals surface area contributed by atoms with Gasteiger partial charge in [-0.05, 0) is 37.5 Å². The fourth-order valence-corrected chi connectivity index (χ4v) is 4.27. The number of fused-ring (bicyclic) bond motifs is 1. The number of hydrogen-bond donors (Lipinski definition) is 1. The van der Waals surface area contributed by atoms with Crippen molar-refractivity contribution in [3.8, 4) is 11.1 Å². The summed E-state index contributed by atoms with van der Waals surface area (Å²) in [5.41, 5.74) is 4.93. The number of amides is 1. The SMILES string of the molecule is CCNC(=O)C1CN(c2ncnc3scc(-c4ccc(C)c(C)c4)c23)C1. The lowest BCUT2D eigenvalue weighted by Gasteiger charge is -2.39. The molecule has 1 aliphatic rings. The van der Waals surface area contributed by atoms with E-state index in [2.05, 4.69) is 57.6 Å². The Balaban J connectivity index is 1.70. The molecule has 5 nitrogen and oxygen atoms in total. The summed E-state index contributed by atoms with van der Waals surface area (Å²) in [6, 6.07) is 6.54. The van der Waals surface area contributed by atoms with Crippen molar-refractivity contribution >= 4 is 33.3 Å². The van der Waals surface area contributed by atoms with Crippen molar-refractivity contribution in [3.05, 3.63) is 41.0 Å². The van der Waals surface area contributed by atoms with Gasteiger partial charge in [0.25, 0.3) is 0 Å². The van der Waals surface area contributed by atoms with Gasteiger partial charge in [0.1, 0.15) is 17.0 Å². The van der Waals surface area contributed by atoms with E-state index >= 15 is 0 Å². The molecule has 1 fully saturated rings. The Labute approximate surface area is 157 Å². The van der Waals surface area contributed by atoms with Crippen molar-refractivity contribution in [2.24, 2.45) is 5.92 Å². The van der Waals surface area contributed by atoms with Crippen LogP contribution in [-0.4, -0.2) is 35.5 Å². The highest BCUT2D eigenvalue weighted by Crippen LogP contribution is 2.39. The van der Waals surface area contributed by atoms with Gasteiger partial charge in [-0.2, -0.15) is 0 Å². The summed E-state index contributed by atoms with van der Waals surface area (Å²) < 4.78 is 0. The summed E-state index contributed by atoms with van der Waals surface area (Å²) in [5.74, 6) is 1.11. The highest BCUT2D eigenvalue weighted by Gasteiger charge is 2.34. The lowest BCUT2D eigenvalue weighted by Crippen LogP contribution is -2.54. The lowest BCUT2D eigenvalue weighted by atomic mass is 9.97. The van der Waals surface area contributed by atoms with Gasteiger partial charge in [-0.1, -0.05) is 18.2 Å². The van der Waals surface area contributed by atoms with E-state index in [1.54, 1.807) is 17.7 Å². The first kappa shape index (κ1) is 17.0. The van der Waals surface area contributed by atoms with Crippen LogP contribution in [0.2, 0.25) is 0 Å². The molecule has 0 bridgehead atoms. The Bertz CT molecular complexity index is 975. The van der Waals surface area contributed by atoms with Crippen molar-refractivity contribution < 1.29 is 4.79 Å². The fraction of sp³-hybridized carbons (Fsp3) is 0.350. The van der Waals surface area contributed by atoms with Gasteiger partial charge in [0.05, 0.1) is 11.3 Å². The van der Waals surface area contributed by atoms with Crippen LogP contribution in [0.3, 0.4) is 0 Å². The minimum atomic E-state index is 0.0451. The molecule has 26 heavy (non-hydrogen) atoms. The maximum Gasteiger partial charge on any atom is 0.226 e. The number of nitrogens with zero attached hydrogens (tertiary/aromatic N) is 3. The molecule has 0 saturated carbocycles. The average molecular weight is 366 g/mol. The number of rotatable bonds is 4. The number of nitrogens with one attached hydrogen (secondary N) is 1. The van der Waals surface area contributed by atoms with E-state index in [9.17, 15) is 4.79 Å². The Hall–Kier alpha value is -2.47. The molecule has 0 radical (unpaired) electrons. The summed E-state index contributed by atoms with van der Waals surface area (Å²) in [4.78, 5) is 24.2. The number of carbonyl (C=O) groups is 1. The fourth-order valence-electron chi connectivity index (χ4n) is 3.36. The van der Waals surface area contributed by atoms with Crippen LogP contribution in [0.4, 0.5) is 5.82 Å². The molecule has 1 N–H and O–H groups in total. The molecule has 3 aromatic rings. The third-order valence-corrected chi connectivity index (χ3v) is 5.96. The summed E-state index contributed by atoms with van der Waals surface area (Å²) in [6.45, 7) is 8.30. The summed E-state index contributed by atoms with van der Waals surface area (Å²) >= 11 is 1.64. The van der Waals surface area contributed by atoms with Gasteiger partial charge < -0.3 is 10.2 Å². The van der Waals surface area contributed by atoms with Gasteiger partial charge in [0.15, 0.2) is 0 Å². The first-order chi connectivity index (χ1) is 12.6. The third-order valence-electron chi connectivity index (χ3n) is 5.07. The second-order valence-corrected chi connectivity index (χ2v) is 7.68. The van der Waals surface area contributed by atoms with E-state index < -0.39 is 0 Å². The maximum absolute atomic E-state index is 12.0. The zero-order valence-electron chi connectivity index (χ0n) is 15.2. The highest BCUT2D eigenvalue weighted by atomic mass is 32.1. The van der Waals surface area contributed by atoms with Crippen LogP contribution >= 0.6 is 11.3 Å². The normalized spacial score (nSPS) is 14.5. The second-order valence-electron chi connectivity index (χ2n) is 6.82. The molecule has 134 valence electrons. The smallest absolute Gasteiger partial charge is 0.226 e. The van der Waals surface area contributed by atoms with E-state index in [1.165, 1.54) is 22.3 Å². The molecule has 0 atom stereocenters. The first-order valence-corrected chi connectivity index (χ1v) is 9.79. The monoisotopic (exact) mass is 366 g/mol. The van der Waals surface area contributed by atoms with Gasteiger partial charge in [0, 0.05) is 30.6 Å². The topological polar surface area (TPSA) is 58.1 Å². The summed E-state index contributed by atoms with van der Waals surface area (Å²) in [6.07, 6.45) is 1.62. The maximum atomic E-state index is 12.0. The van der Waals surface area contributed by atoms with Crippen LogP contribution < -0.4 is 10.2 Å². The van der Waals surface area contributed by atoms with Gasteiger partial charge in [-0.25, -0.2) is 9.97 Å². The van der Waals surface area contributed by atoms with E-state index in [0.717, 1.165) is 16.0 Å². The van der Waals surface area contributed by atoms with E-state index in [4.69, 9.17) is 0 Å². The number of hydrogen-bond acceptors (Lipinski definition) is 5. The molecular formula is C20H22N4OS. The third kappa shape index (κ3) is 2.84. The number of benzene rings is 1. The molecule has 1 aliphatic heterocycles. The van der Waals surface area contributed by atoms with E-state index in [1.807, 2.05) is 6.92 Å². The van der Waals surface area contributed by atoms with Gasteiger partial charge in [-0.15, -0.1) is 11.3 Å². The van der Waals surface area contributed by atoms with Crippen molar-refractivity contribution in [1.82, 2.24) is 15.3 Å². The predicted molar refractivity (Wildman–Crippen MR) is 107 cm³/mol. The van der Waals surface area contributed by atoms with Crippen LogP contribution in [0, 0.1) is 19.8 Å². The van der Waals surface area contributed by atoms with Crippen molar-refractivity contribution in [3.63, 3.8) is 0 Å². The number of carbonyl (C=O) groups excluding carboxylic acids is 1. The van der Waals surface area contributed by atoms with Gasteiger partial charge in [-0.3, -0.25) is 4.79 Å². The van der Waals surface area contributed by atoms with Crippen molar-refractivity contribution in [2.45, 2.75) is 20.8 Å². The van der Waals surface area contributed by atoms with Crippen LogP contribution in [0.5, 0.6) is 0 Å². The van der Waals surface area contributed by atoms with Crippen LogP contribution in [0.15, 0.2) is 29.9 Å². The van der Waals surface area contributed by atoms with Crippen molar-refractivity contribution in [2.75, 3.05) is 24.5 Å². The van der Waals surface area contributed by atoms with E-state index in [0.29, 0.717) is 19.6 Å². The molecule has 0 spiro atoms. The molecule has 1 amide bonds. The standard InChI is InChI=1S/C20H22N4OS/c1-4-21-19(25)15-8-24(9-15)18-17-16(10-26-20(17)23-11-22-18)14-6-5-12(2)13(3)7-14/h5-7,10-11,15H,4,8-9H2,1-3H3,(H,21,25). The Morgan fingerprint density at radius 1 is 1.27 bits per heavy atom. The lowest BCUT2D eigenvalue weighted by molar-refractivity contribution is -0.125. The number of thiophene rings is 1. The second kappa shape index (κ2) is 6.68. The molecular weight excluding hydrogens is 344 g/mol. The number of aromatic nitrogens is 2. The van der Waals surface area contributed by atoms with E-state index in [-0.39, 0.29) is 11.8 Å². The molecule has 4 rings (SSSR count). The molecule has 6 heteroatoms. The molecule has 0 aliphatic carbocycles. The largest absolute Gasteiger partial charge is 0.356 e. The van der Waals surface area contributed by atoms with Gasteiger partial charge >= 0.3 is 0 Å². The minimum absolute atomic E-state index is 0.0451. The number of anilines is 1. The zero-order valence-corrected chi connectivity index (χ0v) is 16.1. The van der Waals surface area contributed by atoms with Crippen molar-refractivity contribution in [1.29, 1.82) is 0 Å². The minimum Gasteiger partial charge on any atom is -0.356 e. The van der Waals surface area contributed by atoms with Crippen LogP contribution in [0.1, 0.15) is 18.1 Å².